The summed E-state index contributed by atoms with van der Waals surface area (Å²) < 4.78 is 17.0. The van der Waals surface area contributed by atoms with E-state index in [1.165, 1.54) is 69.2 Å². The van der Waals surface area contributed by atoms with Crippen LogP contribution >= 0.6 is 0 Å². The molecule has 1 aliphatic rings. The number of carboxylic acid groups (broad SMARTS) is 1. The number of carboxylic acids is 1. The molecule has 1 aliphatic carbocycles. The summed E-state index contributed by atoms with van der Waals surface area (Å²) in [7, 11) is 0. The number of aromatic carboxylic acids is 1. The molecule has 0 spiro atoms. The molecule has 222 valence electrons. The summed E-state index contributed by atoms with van der Waals surface area (Å²) in [4.78, 5) is 36.4. The molecule has 1 N–H and O–H groups in total. The molecule has 0 saturated heterocycles. The summed E-state index contributed by atoms with van der Waals surface area (Å²) in [5, 5.41) is 9.01. The molecule has 0 heterocycles. The van der Waals surface area contributed by atoms with Crippen molar-refractivity contribution in [3.63, 3.8) is 0 Å². The standard InChI is InChI=1S/C35H40O7/c1-2-3-4-5-6-7-8-9-22-40-30-17-14-26(15-18-30)34(38)42-32-21-16-27-23-29(11-10-28(27)24-32)35(39)41-31-19-12-25(13-20-31)33(36)37/h10-15,17-20,23,32H,2-9,16,21-22,24H2,1H3,(H,36,37). The van der Waals surface area contributed by atoms with Gasteiger partial charge in [0.15, 0.2) is 0 Å². The van der Waals surface area contributed by atoms with Gasteiger partial charge in [0, 0.05) is 6.42 Å². The number of benzene rings is 3. The van der Waals surface area contributed by atoms with E-state index in [2.05, 4.69) is 6.92 Å². The molecule has 3 aromatic rings. The van der Waals surface area contributed by atoms with Crippen molar-refractivity contribution in [2.75, 3.05) is 6.61 Å². The fraction of sp³-hybridized carbons (Fsp3) is 0.400. The summed E-state index contributed by atoms with van der Waals surface area (Å²) in [6, 6.07) is 18.2. The minimum atomic E-state index is -1.04. The van der Waals surface area contributed by atoms with Gasteiger partial charge in [-0.25, -0.2) is 14.4 Å². The van der Waals surface area contributed by atoms with Gasteiger partial charge in [-0.3, -0.25) is 0 Å². The molecule has 0 bridgehead atoms. The fourth-order valence-corrected chi connectivity index (χ4v) is 5.11. The van der Waals surface area contributed by atoms with Gasteiger partial charge in [0.05, 0.1) is 23.3 Å². The lowest BCUT2D eigenvalue weighted by Gasteiger charge is -2.25. The molecule has 1 atom stereocenters. The lowest BCUT2D eigenvalue weighted by Crippen LogP contribution is -2.26. The Morgan fingerprint density at radius 3 is 2.02 bits per heavy atom. The Hall–Kier alpha value is -4.13. The van der Waals surface area contributed by atoms with Crippen molar-refractivity contribution in [1.29, 1.82) is 0 Å². The van der Waals surface area contributed by atoms with Gasteiger partial charge >= 0.3 is 17.9 Å². The van der Waals surface area contributed by atoms with Gasteiger partial charge in [0.25, 0.3) is 0 Å². The van der Waals surface area contributed by atoms with Crippen LogP contribution in [0.2, 0.25) is 0 Å². The van der Waals surface area contributed by atoms with Gasteiger partial charge in [-0.2, -0.15) is 0 Å². The van der Waals surface area contributed by atoms with Crippen LogP contribution < -0.4 is 9.47 Å². The second-order valence-electron chi connectivity index (χ2n) is 10.8. The molecule has 0 radical (unpaired) electrons. The molecule has 0 amide bonds. The van der Waals surface area contributed by atoms with E-state index in [1.54, 1.807) is 18.2 Å². The Morgan fingerprint density at radius 1 is 0.714 bits per heavy atom. The first-order valence-corrected chi connectivity index (χ1v) is 15.0. The zero-order chi connectivity index (χ0) is 29.7. The number of carbonyl (C=O) groups is 3. The van der Waals surface area contributed by atoms with E-state index in [1.807, 2.05) is 24.3 Å². The fourth-order valence-electron chi connectivity index (χ4n) is 5.11. The summed E-state index contributed by atoms with van der Waals surface area (Å²) in [5.41, 5.74) is 3.09. The second-order valence-corrected chi connectivity index (χ2v) is 10.8. The van der Waals surface area contributed by atoms with E-state index in [0.29, 0.717) is 37.0 Å². The number of fused-ring (bicyclic) bond motifs is 1. The molecule has 0 aromatic heterocycles. The third-order valence-corrected chi connectivity index (χ3v) is 7.57. The molecule has 1 unspecified atom stereocenters. The van der Waals surface area contributed by atoms with Crippen LogP contribution in [-0.2, 0) is 17.6 Å². The topological polar surface area (TPSA) is 99.1 Å². The first-order valence-electron chi connectivity index (χ1n) is 15.0. The number of hydrogen-bond acceptors (Lipinski definition) is 6. The Morgan fingerprint density at radius 2 is 1.33 bits per heavy atom. The highest BCUT2D eigenvalue weighted by Crippen LogP contribution is 2.26. The third kappa shape index (κ3) is 9.20. The Kier molecular flexibility index (Phi) is 11.6. The Balaban J connectivity index is 1.20. The smallest absolute Gasteiger partial charge is 0.343 e. The van der Waals surface area contributed by atoms with Crippen molar-refractivity contribution in [3.8, 4) is 11.5 Å². The van der Waals surface area contributed by atoms with Gasteiger partial charge in [-0.05, 0) is 91.1 Å². The largest absolute Gasteiger partial charge is 0.494 e. The van der Waals surface area contributed by atoms with Gasteiger partial charge in [-0.15, -0.1) is 0 Å². The quantitative estimate of drug-likeness (QED) is 0.112. The monoisotopic (exact) mass is 572 g/mol. The predicted molar refractivity (Wildman–Crippen MR) is 161 cm³/mol. The lowest BCUT2D eigenvalue weighted by atomic mass is 9.88. The minimum Gasteiger partial charge on any atom is -0.494 e. The SMILES string of the molecule is CCCCCCCCCCOc1ccc(C(=O)OC2CCc3cc(C(=O)Oc4ccc(C(=O)O)cc4)ccc3C2)cc1. The van der Waals surface area contributed by atoms with Crippen LogP contribution in [0.1, 0.15) is 107 Å². The summed E-state index contributed by atoms with van der Waals surface area (Å²) in [6.07, 6.45) is 11.7. The van der Waals surface area contributed by atoms with Crippen LogP contribution in [0.4, 0.5) is 0 Å². The minimum absolute atomic E-state index is 0.120. The number of hydrogen-bond donors (Lipinski definition) is 1. The number of ether oxygens (including phenoxy) is 3. The highest BCUT2D eigenvalue weighted by molar-refractivity contribution is 5.92. The average molecular weight is 573 g/mol. The zero-order valence-electron chi connectivity index (χ0n) is 24.3. The highest BCUT2D eigenvalue weighted by atomic mass is 16.5. The van der Waals surface area contributed by atoms with Gasteiger partial charge in [0.2, 0.25) is 0 Å². The van der Waals surface area contributed by atoms with Crippen molar-refractivity contribution in [3.05, 3.63) is 94.5 Å². The first kappa shape index (κ1) is 30.8. The highest BCUT2D eigenvalue weighted by Gasteiger charge is 2.24. The van der Waals surface area contributed by atoms with E-state index in [-0.39, 0.29) is 23.4 Å². The number of esters is 2. The molecule has 7 heteroatoms. The number of unbranched alkanes of at least 4 members (excludes halogenated alkanes) is 7. The molecule has 0 aliphatic heterocycles. The summed E-state index contributed by atoms with van der Waals surface area (Å²) in [6.45, 7) is 2.92. The predicted octanol–water partition coefficient (Wildman–Crippen LogP) is 7.84. The maximum Gasteiger partial charge on any atom is 0.343 e. The van der Waals surface area contributed by atoms with E-state index < -0.39 is 11.9 Å². The molecule has 7 nitrogen and oxygen atoms in total. The Labute approximate surface area is 247 Å². The second kappa shape index (κ2) is 15.8. The average Bonchev–Trinajstić information content (AvgIpc) is 3.00. The van der Waals surface area contributed by atoms with Gasteiger partial charge in [-0.1, -0.05) is 57.9 Å². The Bertz CT molecular complexity index is 1330. The zero-order valence-corrected chi connectivity index (χ0v) is 24.3. The third-order valence-electron chi connectivity index (χ3n) is 7.57. The van der Waals surface area contributed by atoms with E-state index >= 15 is 0 Å². The van der Waals surface area contributed by atoms with Gasteiger partial charge in [0.1, 0.15) is 17.6 Å². The van der Waals surface area contributed by atoms with Crippen molar-refractivity contribution < 1.29 is 33.7 Å². The summed E-state index contributed by atoms with van der Waals surface area (Å²) in [5.74, 6) is -0.879. The van der Waals surface area contributed by atoms with Crippen molar-refractivity contribution in [2.24, 2.45) is 0 Å². The molecule has 3 aromatic carbocycles. The molecular formula is C35H40O7. The van der Waals surface area contributed by atoms with Crippen molar-refractivity contribution >= 4 is 17.9 Å². The number of carbonyl (C=O) groups excluding carboxylic acids is 2. The van der Waals surface area contributed by atoms with Crippen LogP contribution in [0, 0.1) is 0 Å². The van der Waals surface area contributed by atoms with Crippen molar-refractivity contribution in [2.45, 2.75) is 83.7 Å². The van der Waals surface area contributed by atoms with E-state index in [0.717, 1.165) is 23.3 Å². The van der Waals surface area contributed by atoms with Crippen LogP contribution in [0.3, 0.4) is 0 Å². The summed E-state index contributed by atoms with van der Waals surface area (Å²) >= 11 is 0. The van der Waals surface area contributed by atoms with Crippen LogP contribution in [-0.4, -0.2) is 35.7 Å². The first-order chi connectivity index (χ1) is 20.4. The maximum absolute atomic E-state index is 12.8. The maximum atomic E-state index is 12.8. The number of aryl methyl sites for hydroxylation is 1. The van der Waals surface area contributed by atoms with E-state index in [4.69, 9.17) is 19.3 Å². The normalized spacial score (nSPS) is 14.1. The molecule has 4 rings (SSSR count). The van der Waals surface area contributed by atoms with Crippen LogP contribution in [0.5, 0.6) is 11.5 Å². The van der Waals surface area contributed by atoms with Gasteiger partial charge < -0.3 is 19.3 Å². The molecule has 42 heavy (non-hydrogen) atoms. The van der Waals surface area contributed by atoms with Crippen LogP contribution in [0.15, 0.2) is 66.7 Å². The van der Waals surface area contributed by atoms with Crippen molar-refractivity contribution in [1.82, 2.24) is 0 Å². The van der Waals surface area contributed by atoms with E-state index in [9.17, 15) is 14.4 Å². The lowest BCUT2D eigenvalue weighted by molar-refractivity contribution is 0.0270. The molecule has 0 fully saturated rings. The molecule has 0 saturated carbocycles. The van der Waals surface area contributed by atoms with Crippen LogP contribution in [0.25, 0.3) is 0 Å². The number of rotatable bonds is 15. The molecular weight excluding hydrogens is 532 g/mol.